The van der Waals surface area contributed by atoms with E-state index in [1.165, 1.54) is 180 Å². The Morgan fingerprint density at radius 1 is 0.413 bits per heavy atom. The molecule has 10 heteroatoms. The van der Waals surface area contributed by atoms with Crippen LogP contribution < -0.4 is 5.73 Å². The second kappa shape index (κ2) is 60.7. The average Bonchev–Trinajstić information content (AvgIpc) is 3.40. The molecule has 75 heavy (non-hydrogen) atoms. The standard InChI is InChI=1S/C65H118NO8P/c1-3-5-7-9-11-13-15-17-19-20-21-22-23-24-25-26-27-28-29-30-31-32-33-34-35-36-37-38-39-40-41-42-44-46-48-50-52-54-56-58-65(68)74-63(62-73-75(69,70)72-60-59-66)61-71-64(67)57-55-53-51-49-47-45-43-18-16-14-12-10-8-6-4-2/h5,7,11-14,17-19,21-22,43,63H,3-4,6,8-10,15-16,20,23-42,44-62,66H2,1-2H3,(H,69,70)/b7-5-,13-11-,14-12-,19-17-,22-21-,43-18-. The quantitative estimate of drug-likeness (QED) is 0.0264. The molecule has 0 rings (SSSR count). The first-order chi connectivity index (χ1) is 36.8. The van der Waals surface area contributed by atoms with Crippen LogP contribution in [0.25, 0.3) is 0 Å². The summed E-state index contributed by atoms with van der Waals surface area (Å²) in [6.07, 6.45) is 78.5. The van der Waals surface area contributed by atoms with Crippen LogP contribution in [0.4, 0.5) is 0 Å². The molecule has 3 N–H and O–H groups in total. The molecule has 0 amide bonds. The molecule has 2 atom stereocenters. The van der Waals surface area contributed by atoms with Gasteiger partial charge in [0.2, 0.25) is 0 Å². The summed E-state index contributed by atoms with van der Waals surface area (Å²) >= 11 is 0. The highest BCUT2D eigenvalue weighted by molar-refractivity contribution is 7.47. The number of phosphoric ester groups is 1. The zero-order valence-corrected chi connectivity index (χ0v) is 49.7. The van der Waals surface area contributed by atoms with E-state index in [-0.39, 0.29) is 32.6 Å². The van der Waals surface area contributed by atoms with Crippen LogP contribution in [0, 0.1) is 0 Å². The maximum Gasteiger partial charge on any atom is 0.472 e. The fourth-order valence-electron chi connectivity index (χ4n) is 8.95. The fraction of sp³-hybridized carbons (Fsp3) is 0.785. The monoisotopic (exact) mass is 1070 g/mol. The van der Waals surface area contributed by atoms with Crippen molar-refractivity contribution < 1.29 is 37.6 Å². The third-order valence-electron chi connectivity index (χ3n) is 13.6. The van der Waals surface area contributed by atoms with Gasteiger partial charge in [0, 0.05) is 19.4 Å². The van der Waals surface area contributed by atoms with Crippen LogP contribution in [0.5, 0.6) is 0 Å². The van der Waals surface area contributed by atoms with E-state index in [2.05, 4.69) is 86.8 Å². The maximum atomic E-state index is 12.7. The summed E-state index contributed by atoms with van der Waals surface area (Å²) in [5.41, 5.74) is 5.38. The van der Waals surface area contributed by atoms with E-state index in [1.54, 1.807) is 0 Å². The number of phosphoric acid groups is 1. The third-order valence-corrected chi connectivity index (χ3v) is 14.6. The summed E-state index contributed by atoms with van der Waals surface area (Å²) in [4.78, 5) is 35.1. The Morgan fingerprint density at radius 3 is 1.09 bits per heavy atom. The van der Waals surface area contributed by atoms with Gasteiger partial charge in [-0.2, -0.15) is 0 Å². The highest BCUT2D eigenvalue weighted by Crippen LogP contribution is 2.43. The number of nitrogens with two attached hydrogens (primary N) is 1. The highest BCUT2D eigenvalue weighted by Gasteiger charge is 2.26. The minimum Gasteiger partial charge on any atom is -0.462 e. The lowest BCUT2D eigenvalue weighted by atomic mass is 10.0. The lowest BCUT2D eigenvalue weighted by Gasteiger charge is -2.19. The molecule has 0 aromatic heterocycles. The van der Waals surface area contributed by atoms with Crippen molar-refractivity contribution in [1.82, 2.24) is 0 Å². The van der Waals surface area contributed by atoms with Crippen molar-refractivity contribution in [2.24, 2.45) is 5.73 Å². The number of hydrogen-bond acceptors (Lipinski definition) is 8. The Kier molecular flexibility index (Phi) is 58.6. The molecular formula is C65H118NO8P. The van der Waals surface area contributed by atoms with Gasteiger partial charge in [0.25, 0.3) is 0 Å². The van der Waals surface area contributed by atoms with Crippen LogP contribution in [0.1, 0.15) is 296 Å². The summed E-state index contributed by atoms with van der Waals surface area (Å²) in [7, 11) is -4.39. The molecule has 436 valence electrons. The molecule has 0 aliphatic carbocycles. The minimum atomic E-state index is -4.39. The van der Waals surface area contributed by atoms with Gasteiger partial charge in [0.1, 0.15) is 6.61 Å². The summed E-state index contributed by atoms with van der Waals surface area (Å²) in [6.45, 7) is 3.61. The van der Waals surface area contributed by atoms with Crippen LogP contribution in [0.2, 0.25) is 0 Å². The van der Waals surface area contributed by atoms with Gasteiger partial charge in [-0.25, -0.2) is 4.57 Å². The number of carbonyl (C=O) groups is 2. The van der Waals surface area contributed by atoms with Crippen molar-refractivity contribution >= 4 is 19.8 Å². The van der Waals surface area contributed by atoms with E-state index in [0.29, 0.717) is 12.8 Å². The van der Waals surface area contributed by atoms with Gasteiger partial charge >= 0.3 is 19.8 Å². The smallest absolute Gasteiger partial charge is 0.462 e. The van der Waals surface area contributed by atoms with E-state index in [4.69, 9.17) is 24.3 Å². The van der Waals surface area contributed by atoms with Crippen molar-refractivity contribution in [3.05, 3.63) is 72.9 Å². The van der Waals surface area contributed by atoms with Gasteiger partial charge in [-0.05, 0) is 83.5 Å². The Morgan fingerprint density at radius 2 is 0.733 bits per heavy atom. The van der Waals surface area contributed by atoms with E-state index in [0.717, 1.165) is 77.0 Å². The second-order valence-electron chi connectivity index (χ2n) is 20.9. The number of unbranched alkanes of at least 4 members (excludes halogenated alkanes) is 34. The molecule has 0 heterocycles. The van der Waals surface area contributed by atoms with Crippen LogP contribution in [0.15, 0.2) is 72.9 Å². The molecule has 0 radical (unpaired) electrons. The highest BCUT2D eigenvalue weighted by atomic mass is 31.2. The largest absolute Gasteiger partial charge is 0.472 e. The Hall–Kier alpha value is -2.55. The van der Waals surface area contributed by atoms with Crippen LogP contribution in [-0.2, 0) is 32.7 Å². The first kappa shape index (κ1) is 72.5. The van der Waals surface area contributed by atoms with Gasteiger partial charge in [-0.3, -0.25) is 18.6 Å². The summed E-state index contributed by atoms with van der Waals surface area (Å²) < 4.78 is 33.0. The van der Waals surface area contributed by atoms with E-state index < -0.39 is 32.5 Å². The molecule has 9 nitrogen and oxygen atoms in total. The van der Waals surface area contributed by atoms with Gasteiger partial charge in [0.05, 0.1) is 13.2 Å². The summed E-state index contributed by atoms with van der Waals surface area (Å²) in [5.74, 6) is -0.834. The van der Waals surface area contributed by atoms with Crippen molar-refractivity contribution in [2.45, 2.75) is 302 Å². The molecule has 0 aromatic rings. The predicted molar refractivity (Wildman–Crippen MR) is 321 cm³/mol. The van der Waals surface area contributed by atoms with Crippen molar-refractivity contribution in [2.75, 3.05) is 26.4 Å². The first-order valence-electron chi connectivity index (χ1n) is 31.4. The molecule has 0 fully saturated rings. The molecular weight excluding hydrogens is 954 g/mol. The molecule has 0 bridgehead atoms. The lowest BCUT2D eigenvalue weighted by Crippen LogP contribution is -2.29. The van der Waals surface area contributed by atoms with Gasteiger partial charge in [-0.15, -0.1) is 0 Å². The van der Waals surface area contributed by atoms with Gasteiger partial charge in [0.15, 0.2) is 6.10 Å². The van der Waals surface area contributed by atoms with Crippen molar-refractivity contribution in [3.8, 4) is 0 Å². The Bertz CT molecular complexity index is 1460. The zero-order chi connectivity index (χ0) is 54.5. The maximum absolute atomic E-state index is 12.7. The Labute approximate surface area is 462 Å². The van der Waals surface area contributed by atoms with Crippen LogP contribution >= 0.6 is 7.82 Å². The SMILES string of the molecule is CC/C=C\C/C=C\C/C=C\C/C=C\CCCCCCCCCCCCCCCCCCCCCCCCCCCCC(=O)OC(COC(=O)CCCCCCC/C=C\C/C=C\CCCCC)COP(=O)(O)OCCN. The van der Waals surface area contributed by atoms with Crippen LogP contribution in [-0.4, -0.2) is 49.3 Å². The van der Waals surface area contributed by atoms with Gasteiger partial charge < -0.3 is 20.1 Å². The van der Waals surface area contributed by atoms with E-state index in [9.17, 15) is 19.0 Å². The lowest BCUT2D eigenvalue weighted by molar-refractivity contribution is -0.161. The number of carbonyl (C=O) groups excluding carboxylic acids is 2. The zero-order valence-electron chi connectivity index (χ0n) is 48.8. The molecule has 0 aromatic carbocycles. The third kappa shape index (κ3) is 60.5. The minimum absolute atomic E-state index is 0.0513. The number of rotatable bonds is 59. The molecule has 2 unspecified atom stereocenters. The molecule has 0 saturated carbocycles. The molecule has 0 spiro atoms. The molecule has 0 aliphatic heterocycles. The fourth-order valence-corrected chi connectivity index (χ4v) is 9.72. The number of hydrogen-bond donors (Lipinski definition) is 2. The number of esters is 2. The topological polar surface area (TPSA) is 134 Å². The van der Waals surface area contributed by atoms with Gasteiger partial charge in [-0.1, -0.05) is 273 Å². The molecule has 0 aliphatic rings. The van der Waals surface area contributed by atoms with E-state index >= 15 is 0 Å². The normalized spacial score (nSPS) is 13.5. The average molecular weight is 1070 g/mol. The predicted octanol–water partition coefficient (Wildman–Crippen LogP) is 20.1. The first-order valence-corrected chi connectivity index (χ1v) is 32.9. The van der Waals surface area contributed by atoms with E-state index in [1.807, 2.05) is 0 Å². The summed E-state index contributed by atoms with van der Waals surface area (Å²) in [5, 5.41) is 0. The van der Waals surface area contributed by atoms with Crippen LogP contribution in [0.3, 0.4) is 0 Å². The number of allylic oxidation sites excluding steroid dienone is 12. The Balaban J connectivity index is 3.77. The second-order valence-corrected chi connectivity index (χ2v) is 22.3. The molecule has 0 saturated heterocycles. The summed E-state index contributed by atoms with van der Waals surface area (Å²) in [6, 6.07) is 0. The number of ether oxygens (including phenoxy) is 2. The van der Waals surface area contributed by atoms with Crippen molar-refractivity contribution in [1.29, 1.82) is 0 Å². The van der Waals surface area contributed by atoms with Crippen molar-refractivity contribution in [3.63, 3.8) is 0 Å².